The van der Waals surface area contributed by atoms with Crippen LogP contribution in [-0.2, 0) is 5.41 Å². The minimum absolute atomic E-state index is 0.138. The Balaban J connectivity index is 1.14. The average molecular weight is 668 g/mol. The van der Waals surface area contributed by atoms with Crippen LogP contribution in [-0.4, -0.2) is 0 Å². The highest BCUT2D eigenvalue weighted by Crippen LogP contribution is 2.52. The summed E-state index contributed by atoms with van der Waals surface area (Å²) in [4.78, 5) is 2.37. The van der Waals surface area contributed by atoms with Crippen molar-refractivity contribution in [3.8, 4) is 34.1 Å². The van der Waals surface area contributed by atoms with Crippen molar-refractivity contribution in [3.63, 3.8) is 0 Å². The van der Waals surface area contributed by atoms with E-state index < -0.39 is 0 Å². The normalized spacial score (nSPS) is 13.7. The van der Waals surface area contributed by atoms with Gasteiger partial charge in [0.1, 0.15) is 11.5 Å². The van der Waals surface area contributed by atoms with Crippen molar-refractivity contribution in [3.05, 3.63) is 175 Å². The molecule has 1 aliphatic carbocycles. The molecule has 9 aromatic rings. The third-order valence-electron chi connectivity index (χ3n) is 11.3. The van der Waals surface area contributed by atoms with E-state index in [9.17, 15) is 0 Å². The van der Waals surface area contributed by atoms with E-state index >= 15 is 0 Å². The third-order valence-corrected chi connectivity index (χ3v) is 11.3. The standard InChI is InChI=1S/C49H33NO2/c1-49(2)42-18-8-7-17-39(42)40-25-22-32(28-43(40)49)50(31-21-24-38-36-15-4-3-13-34(36)35-14-5-6-16-37(35)41(38)27-31)33-23-26-44-47(29-33)52-46-20-10-12-30-11-9-19-45(51-44)48(30)46/h3-29H,1-2H3. The molecule has 0 atom stereocenters. The summed E-state index contributed by atoms with van der Waals surface area (Å²) in [5.41, 5.74) is 8.30. The SMILES string of the molecule is CC1(C)c2ccccc2-c2ccc(N(c3ccc4c(c3)Oc3cccc5cccc(c35)O4)c3ccc4c5ccccc5c5ccccc5c4c3)cc21. The minimum atomic E-state index is -0.138. The topological polar surface area (TPSA) is 21.7 Å². The summed E-state index contributed by atoms with van der Waals surface area (Å²) in [5.74, 6) is 2.95. The molecule has 0 aromatic heterocycles. The zero-order valence-electron chi connectivity index (χ0n) is 28.9. The van der Waals surface area contributed by atoms with Crippen LogP contribution >= 0.6 is 0 Å². The molecule has 3 nitrogen and oxygen atoms in total. The molecule has 0 N–H and O–H groups in total. The van der Waals surface area contributed by atoms with Crippen molar-refractivity contribution in [1.29, 1.82) is 0 Å². The lowest BCUT2D eigenvalue weighted by Crippen LogP contribution is -2.16. The summed E-state index contributed by atoms with van der Waals surface area (Å²) in [5, 5.41) is 9.57. The Labute approximate surface area is 301 Å². The Bertz CT molecular complexity index is 2920. The van der Waals surface area contributed by atoms with Gasteiger partial charge in [0.2, 0.25) is 0 Å². The van der Waals surface area contributed by atoms with Gasteiger partial charge in [-0.05, 0) is 108 Å². The van der Waals surface area contributed by atoms with E-state index in [4.69, 9.17) is 9.47 Å². The van der Waals surface area contributed by atoms with Gasteiger partial charge in [0, 0.05) is 22.9 Å². The van der Waals surface area contributed by atoms with Gasteiger partial charge in [0.25, 0.3) is 0 Å². The fourth-order valence-corrected chi connectivity index (χ4v) is 8.79. The molecule has 0 unspecified atom stereocenters. The van der Waals surface area contributed by atoms with Gasteiger partial charge < -0.3 is 14.4 Å². The fraction of sp³-hybridized carbons (Fsp3) is 0.0612. The molecule has 1 aliphatic heterocycles. The van der Waals surface area contributed by atoms with Crippen LogP contribution in [0.4, 0.5) is 17.1 Å². The second kappa shape index (κ2) is 10.7. The Kier molecular flexibility index (Phi) is 6.01. The highest BCUT2D eigenvalue weighted by atomic mass is 16.5. The van der Waals surface area contributed by atoms with Gasteiger partial charge in [-0.1, -0.05) is 123 Å². The number of hydrogen-bond donors (Lipinski definition) is 0. The maximum atomic E-state index is 6.71. The summed E-state index contributed by atoms with van der Waals surface area (Å²) in [6.45, 7) is 4.68. The smallest absolute Gasteiger partial charge is 0.172 e. The second-order valence-electron chi connectivity index (χ2n) is 14.5. The lowest BCUT2D eigenvalue weighted by molar-refractivity contribution is 0.439. The van der Waals surface area contributed by atoms with Crippen molar-refractivity contribution >= 4 is 60.2 Å². The third kappa shape index (κ3) is 4.14. The molecular formula is C49H33NO2. The Morgan fingerprint density at radius 3 is 1.65 bits per heavy atom. The number of fused-ring (bicyclic) bond motifs is 10. The van der Waals surface area contributed by atoms with Crippen LogP contribution < -0.4 is 14.4 Å². The van der Waals surface area contributed by atoms with E-state index in [-0.39, 0.29) is 5.41 Å². The summed E-state index contributed by atoms with van der Waals surface area (Å²) in [6.07, 6.45) is 0. The number of ether oxygens (including phenoxy) is 2. The van der Waals surface area contributed by atoms with Gasteiger partial charge in [0.15, 0.2) is 11.5 Å². The van der Waals surface area contributed by atoms with Crippen molar-refractivity contribution in [1.82, 2.24) is 0 Å². The van der Waals surface area contributed by atoms with E-state index in [0.29, 0.717) is 11.5 Å². The van der Waals surface area contributed by atoms with Crippen molar-refractivity contribution < 1.29 is 9.47 Å². The molecule has 0 fully saturated rings. The predicted octanol–water partition coefficient (Wildman–Crippen LogP) is 14.0. The molecular weight excluding hydrogens is 635 g/mol. The van der Waals surface area contributed by atoms with E-state index in [1.54, 1.807) is 0 Å². The number of benzene rings is 9. The first-order chi connectivity index (χ1) is 25.5. The predicted molar refractivity (Wildman–Crippen MR) is 215 cm³/mol. The van der Waals surface area contributed by atoms with Crippen LogP contribution in [0.5, 0.6) is 23.0 Å². The molecule has 2 aliphatic rings. The maximum absolute atomic E-state index is 6.71. The van der Waals surface area contributed by atoms with Crippen LogP contribution in [0, 0.1) is 0 Å². The molecule has 3 heteroatoms. The molecule has 11 rings (SSSR count). The average Bonchev–Trinajstić information content (AvgIpc) is 3.29. The van der Waals surface area contributed by atoms with Gasteiger partial charge >= 0.3 is 0 Å². The first kappa shape index (κ1) is 29.2. The van der Waals surface area contributed by atoms with Gasteiger partial charge in [-0.15, -0.1) is 0 Å². The van der Waals surface area contributed by atoms with Crippen molar-refractivity contribution in [2.45, 2.75) is 19.3 Å². The summed E-state index contributed by atoms with van der Waals surface area (Å²) >= 11 is 0. The van der Waals surface area contributed by atoms with Gasteiger partial charge in [-0.3, -0.25) is 0 Å². The quantitative estimate of drug-likeness (QED) is 0.175. The first-order valence-electron chi connectivity index (χ1n) is 17.9. The van der Waals surface area contributed by atoms with Gasteiger partial charge in [0.05, 0.1) is 11.1 Å². The zero-order chi connectivity index (χ0) is 34.6. The number of anilines is 3. The monoisotopic (exact) mass is 667 g/mol. The van der Waals surface area contributed by atoms with E-state index in [2.05, 4.69) is 152 Å². The summed E-state index contributed by atoms with van der Waals surface area (Å²) < 4.78 is 13.3. The fourth-order valence-electron chi connectivity index (χ4n) is 8.79. The van der Waals surface area contributed by atoms with E-state index in [1.165, 1.54) is 54.6 Å². The molecule has 1 heterocycles. The highest BCUT2D eigenvalue weighted by Gasteiger charge is 2.36. The van der Waals surface area contributed by atoms with Crippen LogP contribution in [0.25, 0.3) is 54.2 Å². The summed E-state index contributed by atoms with van der Waals surface area (Å²) in [7, 11) is 0. The number of nitrogens with zero attached hydrogens (tertiary/aromatic N) is 1. The largest absolute Gasteiger partial charge is 0.453 e. The van der Waals surface area contributed by atoms with E-state index in [0.717, 1.165) is 39.3 Å². The summed E-state index contributed by atoms with van der Waals surface area (Å²) in [6, 6.07) is 58.8. The first-order valence-corrected chi connectivity index (χ1v) is 17.9. The molecule has 246 valence electrons. The molecule has 0 spiro atoms. The zero-order valence-corrected chi connectivity index (χ0v) is 28.9. The van der Waals surface area contributed by atoms with Crippen molar-refractivity contribution in [2.75, 3.05) is 4.90 Å². The maximum Gasteiger partial charge on any atom is 0.172 e. The Morgan fingerprint density at radius 2 is 0.923 bits per heavy atom. The van der Waals surface area contributed by atoms with Crippen molar-refractivity contribution in [2.24, 2.45) is 0 Å². The molecule has 0 saturated carbocycles. The van der Waals surface area contributed by atoms with Crippen LogP contribution in [0.1, 0.15) is 25.0 Å². The molecule has 0 amide bonds. The molecule has 9 aromatic carbocycles. The number of hydrogen-bond acceptors (Lipinski definition) is 3. The van der Waals surface area contributed by atoms with Crippen LogP contribution in [0.15, 0.2) is 164 Å². The van der Waals surface area contributed by atoms with Gasteiger partial charge in [-0.25, -0.2) is 0 Å². The van der Waals surface area contributed by atoms with Gasteiger partial charge in [-0.2, -0.15) is 0 Å². The van der Waals surface area contributed by atoms with Crippen LogP contribution in [0.3, 0.4) is 0 Å². The lowest BCUT2D eigenvalue weighted by atomic mass is 9.82. The molecule has 52 heavy (non-hydrogen) atoms. The van der Waals surface area contributed by atoms with Crippen LogP contribution in [0.2, 0.25) is 0 Å². The van der Waals surface area contributed by atoms with E-state index in [1.807, 2.05) is 30.3 Å². The minimum Gasteiger partial charge on any atom is -0.453 e. The lowest BCUT2D eigenvalue weighted by Gasteiger charge is -2.29. The second-order valence-corrected chi connectivity index (χ2v) is 14.5. The molecule has 0 saturated heterocycles. The highest BCUT2D eigenvalue weighted by molar-refractivity contribution is 6.25. The Morgan fingerprint density at radius 1 is 0.385 bits per heavy atom. The number of rotatable bonds is 3. The Hall–Kier alpha value is -6.58. The molecule has 0 radical (unpaired) electrons. The molecule has 0 bridgehead atoms.